The van der Waals surface area contributed by atoms with Crippen molar-refractivity contribution in [3.05, 3.63) is 36.4 Å². The molecule has 0 saturated carbocycles. The van der Waals surface area contributed by atoms with E-state index in [1.165, 1.54) is 7.11 Å². The highest BCUT2D eigenvalue weighted by molar-refractivity contribution is 7.99. The van der Waals surface area contributed by atoms with Crippen molar-refractivity contribution in [2.45, 2.75) is 11.5 Å². The molecule has 6 nitrogen and oxygen atoms in total. The smallest absolute Gasteiger partial charge is 0.203 e. The second-order valence-electron chi connectivity index (χ2n) is 6.53. The topological polar surface area (TPSA) is 70.3 Å². The van der Waals surface area contributed by atoms with Crippen LogP contribution in [0.2, 0.25) is 0 Å². The maximum atomic E-state index is 10.3. The number of thioether (sulfide) groups is 1. The van der Waals surface area contributed by atoms with Gasteiger partial charge in [0.25, 0.3) is 0 Å². The van der Waals surface area contributed by atoms with Gasteiger partial charge in [-0.25, -0.2) is 0 Å². The maximum absolute atomic E-state index is 10.3. The molecule has 0 amide bonds. The van der Waals surface area contributed by atoms with Crippen molar-refractivity contribution in [1.82, 2.24) is 0 Å². The molecule has 0 bridgehead atoms. The molecule has 0 aliphatic carbocycles. The SMILES string of the molecule is COc1ccc(-c2oc(SCCCS)cc2-c2cc(OC)c(OC)c(OC)c2)cc1O. The molecule has 31 heavy (non-hydrogen) atoms. The van der Waals surface area contributed by atoms with Crippen molar-refractivity contribution in [3.63, 3.8) is 0 Å². The molecule has 0 atom stereocenters. The van der Waals surface area contributed by atoms with E-state index in [0.717, 1.165) is 39.7 Å². The third-order valence-electron chi connectivity index (χ3n) is 4.67. The van der Waals surface area contributed by atoms with Crippen molar-refractivity contribution in [2.24, 2.45) is 0 Å². The number of phenols is 1. The number of aromatic hydroxyl groups is 1. The van der Waals surface area contributed by atoms with Gasteiger partial charge in [-0.1, -0.05) is 11.8 Å². The van der Waals surface area contributed by atoms with E-state index in [4.69, 9.17) is 23.4 Å². The van der Waals surface area contributed by atoms with Gasteiger partial charge >= 0.3 is 0 Å². The van der Waals surface area contributed by atoms with Gasteiger partial charge in [0.1, 0.15) is 5.76 Å². The van der Waals surface area contributed by atoms with Gasteiger partial charge in [-0.3, -0.25) is 0 Å². The van der Waals surface area contributed by atoms with E-state index in [2.05, 4.69) is 12.6 Å². The highest BCUT2D eigenvalue weighted by atomic mass is 32.2. The molecule has 0 radical (unpaired) electrons. The Hall–Kier alpha value is -2.58. The number of hydrogen-bond acceptors (Lipinski definition) is 8. The minimum Gasteiger partial charge on any atom is -0.504 e. The summed E-state index contributed by atoms with van der Waals surface area (Å²) >= 11 is 5.90. The summed E-state index contributed by atoms with van der Waals surface area (Å²) in [6.45, 7) is 0. The van der Waals surface area contributed by atoms with Gasteiger partial charge < -0.3 is 28.5 Å². The molecule has 1 heterocycles. The average Bonchev–Trinajstić information content (AvgIpc) is 3.22. The van der Waals surface area contributed by atoms with E-state index in [1.54, 1.807) is 45.2 Å². The standard InChI is InChI=1S/C23H26O6S2/c1-25-18-7-6-14(10-17(18)24)22-16(13-21(29-22)31-9-5-8-30)15-11-19(26-2)23(28-4)20(12-15)27-3/h6-7,10-13,24,30H,5,8-9H2,1-4H3. The number of rotatable bonds is 10. The number of phenolic OH excluding ortho intramolecular Hbond substituents is 1. The Morgan fingerprint density at radius 1 is 0.871 bits per heavy atom. The Balaban J connectivity index is 2.15. The Kier molecular flexibility index (Phi) is 7.92. The van der Waals surface area contributed by atoms with Gasteiger partial charge in [-0.2, -0.15) is 12.6 Å². The fourth-order valence-electron chi connectivity index (χ4n) is 3.17. The Morgan fingerprint density at radius 3 is 2.10 bits per heavy atom. The van der Waals surface area contributed by atoms with Crippen LogP contribution in [-0.2, 0) is 0 Å². The van der Waals surface area contributed by atoms with Crippen LogP contribution in [0.15, 0.2) is 45.9 Å². The summed E-state index contributed by atoms with van der Waals surface area (Å²) < 4.78 is 27.9. The van der Waals surface area contributed by atoms with Crippen molar-refractivity contribution in [1.29, 1.82) is 0 Å². The van der Waals surface area contributed by atoms with Crippen LogP contribution in [0.1, 0.15) is 6.42 Å². The Morgan fingerprint density at radius 2 is 1.55 bits per heavy atom. The summed E-state index contributed by atoms with van der Waals surface area (Å²) in [7, 11) is 6.24. The third kappa shape index (κ3) is 5.02. The first kappa shape index (κ1) is 23.1. The molecular weight excluding hydrogens is 436 g/mol. The van der Waals surface area contributed by atoms with Crippen LogP contribution in [0.5, 0.6) is 28.7 Å². The van der Waals surface area contributed by atoms with Crippen LogP contribution in [0, 0.1) is 0 Å². The van der Waals surface area contributed by atoms with E-state index in [0.29, 0.717) is 28.8 Å². The van der Waals surface area contributed by atoms with E-state index in [-0.39, 0.29) is 5.75 Å². The summed E-state index contributed by atoms with van der Waals surface area (Å²) in [6.07, 6.45) is 0.965. The van der Waals surface area contributed by atoms with Gasteiger partial charge in [-0.15, -0.1) is 0 Å². The molecule has 3 rings (SSSR count). The third-order valence-corrected chi connectivity index (χ3v) is 5.97. The van der Waals surface area contributed by atoms with Gasteiger partial charge in [0.05, 0.1) is 28.4 Å². The molecule has 8 heteroatoms. The average molecular weight is 463 g/mol. The molecule has 0 fully saturated rings. The molecule has 1 aromatic heterocycles. The van der Waals surface area contributed by atoms with Gasteiger partial charge in [0.15, 0.2) is 28.1 Å². The first-order valence-electron chi connectivity index (χ1n) is 9.61. The largest absolute Gasteiger partial charge is 0.504 e. The van der Waals surface area contributed by atoms with Crippen LogP contribution < -0.4 is 18.9 Å². The van der Waals surface area contributed by atoms with E-state index in [9.17, 15) is 5.11 Å². The van der Waals surface area contributed by atoms with Crippen molar-refractivity contribution >= 4 is 24.4 Å². The Bertz CT molecular complexity index is 1010. The molecule has 2 aromatic carbocycles. The van der Waals surface area contributed by atoms with Gasteiger partial charge in [0.2, 0.25) is 5.75 Å². The zero-order valence-electron chi connectivity index (χ0n) is 17.9. The quantitative estimate of drug-likeness (QED) is 0.225. The molecular formula is C23H26O6S2. The van der Waals surface area contributed by atoms with E-state index in [1.807, 2.05) is 24.3 Å². The van der Waals surface area contributed by atoms with Gasteiger partial charge in [0, 0.05) is 16.9 Å². The summed E-state index contributed by atoms with van der Waals surface area (Å²) in [5.74, 6) is 4.37. The maximum Gasteiger partial charge on any atom is 0.203 e. The van der Waals surface area contributed by atoms with Gasteiger partial charge in [-0.05, 0) is 54.1 Å². The van der Waals surface area contributed by atoms with Crippen molar-refractivity contribution in [2.75, 3.05) is 39.9 Å². The summed E-state index contributed by atoms with van der Waals surface area (Å²) in [5.41, 5.74) is 2.41. The summed E-state index contributed by atoms with van der Waals surface area (Å²) in [4.78, 5) is 0. The normalized spacial score (nSPS) is 10.7. The number of furan rings is 1. The lowest BCUT2D eigenvalue weighted by Gasteiger charge is -2.14. The first-order chi connectivity index (χ1) is 15.1. The second-order valence-corrected chi connectivity index (χ2v) is 8.08. The van der Waals surface area contributed by atoms with Crippen LogP contribution in [0.25, 0.3) is 22.5 Å². The molecule has 166 valence electrons. The molecule has 0 aliphatic heterocycles. The van der Waals surface area contributed by atoms with Crippen LogP contribution in [0.3, 0.4) is 0 Å². The zero-order valence-corrected chi connectivity index (χ0v) is 19.6. The second kappa shape index (κ2) is 10.6. The lowest BCUT2D eigenvalue weighted by Crippen LogP contribution is -1.95. The molecule has 0 aliphatic rings. The fourth-order valence-corrected chi connectivity index (χ4v) is 4.38. The first-order valence-corrected chi connectivity index (χ1v) is 11.2. The molecule has 0 unspecified atom stereocenters. The molecule has 0 saturated heterocycles. The molecule has 0 spiro atoms. The molecule has 1 N–H and O–H groups in total. The highest BCUT2D eigenvalue weighted by Gasteiger charge is 2.21. The number of methoxy groups -OCH3 is 4. The fraction of sp³-hybridized carbons (Fsp3) is 0.304. The van der Waals surface area contributed by atoms with Crippen LogP contribution in [0.4, 0.5) is 0 Å². The minimum absolute atomic E-state index is 0.0384. The van der Waals surface area contributed by atoms with Crippen molar-refractivity contribution in [3.8, 4) is 51.2 Å². The van der Waals surface area contributed by atoms with E-state index < -0.39 is 0 Å². The predicted octanol–water partition coefficient (Wildman–Crippen LogP) is 5.77. The summed E-state index contributed by atoms with van der Waals surface area (Å²) in [5, 5.41) is 11.1. The lowest BCUT2D eigenvalue weighted by atomic mass is 10.0. The number of ether oxygens (including phenoxy) is 4. The summed E-state index contributed by atoms with van der Waals surface area (Å²) in [6, 6.07) is 10.9. The van der Waals surface area contributed by atoms with E-state index >= 15 is 0 Å². The zero-order chi connectivity index (χ0) is 22.4. The monoisotopic (exact) mass is 462 g/mol. The highest BCUT2D eigenvalue weighted by Crippen LogP contribution is 2.46. The lowest BCUT2D eigenvalue weighted by molar-refractivity contribution is 0.324. The van der Waals surface area contributed by atoms with Crippen LogP contribution >= 0.6 is 24.4 Å². The Labute approximate surface area is 191 Å². The number of thiol groups is 1. The number of hydrogen-bond donors (Lipinski definition) is 2. The predicted molar refractivity (Wildman–Crippen MR) is 127 cm³/mol. The number of benzene rings is 2. The van der Waals surface area contributed by atoms with Crippen LogP contribution in [-0.4, -0.2) is 45.1 Å². The molecule has 3 aromatic rings. The van der Waals surface area contributed by atoms with Crippen molar-refractivity contribution < 1.29 is 28.5 Å². The minimum atomic E-state index is 0.0384.